The summed E-state index contributed by atoms with van der Waals surface area (Å²) >= 11 is 0. The zero-order valence-electron chi connectivity index (χ0n) is 8.44. The van der Waals surface area contributed by atoms with Gasteiger partial charge in [0.25, 0.3) is 0 Å². The fraction of sp³-hybridized carbons (Fsp3) is 0.750. The molecule has 0 spiro atoms. The first kappa shape index (κ1) is 8.98. The zero-order chi connectivity index (χ0) is 9.26. The second kappa shape index (κ2) is 3.65. The molecule has 1 atom stereocenters. The molecule has 1 saturated carbocycles. The number of carbonyl (C=O) groups is 1. The van der Waals surface area contributed by atoms with Crippen LogP contribution in [-0.4, -0.2) is 5.78 Å². The van der Waals surface area contributed by atoms with Gasteiger partial charge < -0.3 is 0 Å². The highest BCUT2D eigenvalue weighted by Crippen LogP contribution is 2.42. The average molecular weight is 178 g/mol. The van der Waals surface area contributed by atoms with Crippen LogP contribution in [0.4, 0.5) is 0 Å². The van der Waals surface area contributed by atoms with Gasteiger partial charge in [0, 0.05) is 6.42 Å². The van der Waals surface area contributed by atoms with Crippen molar-refractivity contribution in [2.24, 2.45) is 5.92 Å². The summed E-state index contributed by atoms with van der Waals surface area (Å²) in [6.07, 6.45) is 8.11. The quantitative estimate of drug-likeness (QED) is 0.648. The molecule has 0 aliphatic heterocycles. The number of hydrogen-bond acceptors (Lipinski definition) is 1. The van der Waals surface area contributed by atoms with Crippen LogP contribution in [-0.2, 0) is 4.79 Å². The van der Waals surface area contributed by atoms with Gasteiger partial charge in [-0.15, -0.1) is 0 Å². The number of Topliss-reactive ketones (excluding diaryl/α,β-unsaturated/α-hetero) is 1. The lowest BCUT2D eigenvalue weighted by molar-refractivity contribution is -0.115. The summed E-state index contributed by atoms with van der Waals surface area (Å²) in [6.45, 7) is 2.19. The number of fused-ring (bicyclic) bond motifs is 1. The molecular formula is C12H18O. The van der Waals surface area contributed by atoms with Gasteiger partial charge in [-0.3, -0.25) is 4.79 Å². The molecule has 0 amide bonds. The van der Waals surface area contributed by atoms with Crippen LogP contribution in [0.25, 0.3) is 0 Å². The minimum Gasteiger partial charge on any atom is -0.295 e. The number of carbonyl (C=O) groups excluding carboxylic acids is 1. The first-order valence-electron chi connectivity index (χ1n) is 5.58. The van der Waals surface area contributed by atoms with E-state index in [0.29, 0.717) is 11.7 Å². The smallest absolute Gasteiger partial charge is 0.159 e. The van der Waals surface area contributed by atoms with Crippen molar-refractivity contribution < 1.29 is 4.79 Å². The Morgan fingerprint density at radius 1 is 1.46 bits per heavy atom. The predicted molar refractivity (Wildman–Crippen MR) is 53.5 cm³/mol. The molecule has 1 nitrogen and oxygen atoms in total. The van der Waals surface area contributed by atoms with Crippen molar-refractivity contribution >= 4 is 5.78 Å². The normalized spacial score (nSPS) is 27.2. The third kappa shape index (κ3) is 1.56. The van der Waals surface area contributed by atoms with Crippen molar-refractivity contribution in [2.75, 3.05) is 0 Å². The fourth-order valence-corrected chi connectivity index (χ4v) is 2.72. The van der Waals surface area contributed by atoms with E-state index in [1.807, 2.05) is 0 Å². The van der Waals surface area contributed by atoms with Crippen molar-refractivity contribution in [1.29, 1.82) is 0 Å². The van der Waals surface area contributed by atoms with Crippen LogP contribution in [0.15, 0.2) is 11.1 Å². The maximum Gasteiger partial charge on any atom is 0.159 e. The zero-order valence-corrected chi connectivity index (χ0v) is 8.44. The van der Waals surface area contributed by atoms with Crippen molar-refractivity contribution in [3.8, 4) is 0 Å². The van der Waals surface area contributed by atoms with Gasteiger partial charge in [0.05, 0.1) is 0 Å². The highest BCUT2D eigenvalue weighted by Gasteiger charge is 2.34. The number of ketones is 1. The van der Waals surface area contributed by atoms with Crippen LogP contribution in [0.1, 0.15) is 51.9 Å². The third-order valence-corrected chi connectivity index (χ3v) is 3.43. The number of allylic oxidation sites excluding steroid dienone is 2. The maximum absolute atomic E-state index is 11.6. The molecule has 0 radical (unpaired) electrons. The minimum atomic E-state index is 0.466. The molecule has 0 aromatic heterocycles. The summed E-state index contributed by atoms with van der Waals surface area (Å²) in [5.41, 5.74) is 2.77. The number of rotatable bonds is 3. The molecule has 0 aromatic rings. The Kier molecular flexibility index (Phi) is 2.52. The Balaban J connectivity index is 2.12. The molecule has 0 aromatic carbocycles. The standard InChI is InChI=1S/C12H18O/c1-2-3-6-11-10-7-4-5-9(10)8-12(11)13/h9H,2-8H2,1H3. The van der Waals surface area contributed by atoms with E-state index in [2.05, 4.69) is 6.92 Å². The SMILES string of the molecule is CCCCC1=C2CCCC2CC1=O. The van der Waals surface area contributed by atoms with E-state index < -0.39 is 0 Å². The fourth-order valence-electron chi connectivity index (χ4n) is 2.72. The van der Waals surface area contributed by atoms with Gasteiger partial charge >= 0.3 is 0 Å². The molecule has 2 aliphatic rings. The van der Waals surface area contributed by atoms with E-state index in [0.717, 1.165) is 12.8 Å². The summed E-state index contributed by atoms with van der Waals surface area (Å²) < 4.78 is 0. The predicted octanol–water partition coefficient (Wildman–Crippen LogP) is 3.25. The molecule has 1 heteroatoms. The summed E-state index contributed by atoms with van der Waals surface area (Å²) in [7, 11) is 0. The van der Waals surface area contributed by atoms with Gasteiger partial charge in [-0.1, -0.05) is 18.9 Å². The highest BCUT2D eigenvalue weighted by molar-refractivity contribution is 5.99. The first-order valence-corrected chi connectivity index (χ1v) is 5.58. The molecule has 72 valence electrons. The van der Waals surface area contributed by atoms with Crippen LogP contribution in [0, 0.1) is 5.92 Å². The van der Waals surface area contributed by atoms with Crippen LogP contribution in [0.3, 0.4) is 0 Å². The molecular weight excluding hydrogens is 160 g/mol. The summed E-state index contributed by atoms with van der Waals surface area (Å²) in [5, 5.41) is 0. The van der Waals surface area contributed by atoms with E-state index in [1.54, 1.807) is 5.57 Å². The Bertz CT molecular complexity index is 250. The van der Waals surface area contributed by atoms with Crippen LogP contribution < -0.4 is 0 Å². The summed E-state index contributed by atoms with van der Waals surface area (Å²) in [4.78, 5) is 11.6. The van der Waals surface area contributed by atoms with Gasteiger partial charge in [0.15, 0.2) is 5.78 Å². The number of unbranched alkanes of at least 4 members (excludes halogenated alkanes) is 1. The lowest BCUT2D eigenvalue weighted by Gasteiger charge is -2.02. The van der Waals surface area contributed by atoms with Crippen molar-refractivity contribution in [3.05, 3.63) is 11.1 Å². The van der Waals surface area contributed by atoms with Gasteiger partial charge in [0.1, 0.15) is 0 Å². The Labute approximate surface area is 80.2 Å². The molecule has 1 fully saturated rings. The second-order valence-corrected chi connectivity index (χ2v) is 4.32. The van der Waals surface area contributed by atoms with E-state index >= 15 is 0 Å². The molecule has 1 unspecified atom stereocenters. The van der Waals surface area contributed by atoms with E-state index in [9.17, 15) is 4.79 Å². The Morgan fingerprint density at radius 2 is 2.31 bits per heavy atom. The molecule has 0 bridgehead atoms. The molecule has 13 heavy (non-hydrogen) atoms. The second-order valence-electron chi connectivity index (χ2n) is 4.32. The molecule has 0 saturated heterocycles. The summed E-state index contributed by atoms with van der Waals surface area (Å²) in [6, 6.07) is 0. The number of hydrogen-bond donors (Lipinski definition) is 0. The van der Waals surface area contributed by atoms with E-state index in [-0.39, 0.29) is 0 Å². The summed E-state index contributed by atoms with van der Waals surface area (Å²) in [5.74, 6) is 1.13. The van der Waals surface area contributed by atoms with Crippen molar-refractivity contribution in [1.82, 2.24) is 0 Å². The highest BCUT2D eigenvalue weighted by atomic mass is 16.1. The van der Waals surface area contributed by atoms with Gasteiger partial charge in [0.2, 0.25) is 0 Å². The molecule has 0 heterocycles. The van der Waals surface area contributed by atoms with Crippen LogP contribution >= 0.6 is 0 Å². The van der Waals surface area contributed by atoms with Crippen LogP contribution in [0.5, 0.6) is 0 Å². The maximum atomic E-state index is 11.6. The van der Waals surface area contributed by atoms with E-state index in [4.69, 9.17) is 0 Å². The molecule has 0 N–H and O–H groups in total. The molecule has 2 aliphatic carbocycles. The third-order valence-electron chi connectivity index (χ3n) is 3.43. The van der Waals surface area contributed by atoms with Crippen molar-refractivity contribution in [2.45, 2.75) is 51.9 Å². The van der Waals surface area contributed by atoms with Crippen molar-refractivity contribution in [3.63, 3.8) is 0 Å². The molecule has 2 rings (SSSR count). The lowest BCUT2D eigenvalue weighted by Crippen LogP contribution is -1.98. The van der Waals surface area contributed by atoms with Crippen LogP contribution in [0.2, 0.25) is 0 Å². The topological polar surface area (TPSA) is 17.1 Å². The monoisotopic (exact) mass is 178 g/mol. The average Bonchev–Trinajstić information content (AvgIpc) is 2.62. The Morgan fingerprint density at radius 3 is 3.08 bits per heavy atom. The Hall–Kier alpha value is -0.590. The minimum absolute atomic E-state index is 0.466. The van der Waals surface area contributed by atoms with Gasteiger partial charge in [-0.25, -0.2) is 0 Å². The largest absolute Gasteiger partial charge is 0.295 e. The van der Waals surface area contributed by atoms with E-state index in [1.165, 1.54) is 37.7 Å². The van der Waals surface area contributed by atoms with Gasteiger partial charge in [-0.05, 0) is 43.6 Å². The lowest BCUT2D eigenvalue weighted by atomic mass is 10.0. The first-order chi connectivity index (χ1) is 6.33. The van der Waals surface area contributed by atoms with Gasteiger partial charge in [-0.2, -0.15) is 0 Å².